The molecular formula is C19H27N3O. The van der Waals surface area contributed by atoms with E-state index in [0.29, 0.717) is 5.92 Å². The van der Waals surface area contributed by atoms with Crippen molar-refractivity contribution in [2.24, 2.45) is 5.92 Å². The predicted molar refractivity (Wildman–Crippen MR) is 93.4 cm³/mol. The van der Waals surface area contributed by atoms with Crippen molar-refractivity contribution in [2.75, 3.05) is 0 Å². The van der Waals surface area contributed by atoms with Crippen LogP contribution in [0.2, 0.25) is 0 Å². The molecular weight excluding hydrogens is 286 g/mol. The Hall–Kier alpha value is -1.84. The van der Waals surface area contributed by atoms with Gasteiger partial charge in [0.05, 0.1) is 11.0 Å². The van der Waals surface area contributed by atoms with E-state index in [1.165, 1.54) is 0 Å². The van der Waals surface area contributed by atoms with E-state index in [2.05, 4.69) is 22.9 Å². The number of rotatable bonds is 5. The van der Waals surface area contributed by atoms with Gasteiger partial charge in [0.1, 0.15) is 11.9 Å². The van der Waals surface area contributed by atoms with E-state index < -0.39 is 0 Å². The van der Waals surface area contributed by atoms with Crippen molar-refractivity contribution in [2.45, 2.75) is 65.0 Å². The Morgan fingerprint density at radius 3 is 2.65 bits per heavy atom. The fourth-order valence-corrected chi connectivity index (χ4v) is 3.20. The zero-order chi connectivity index (χ0) is 16.6. The summed E-state index contributed by atoms with van der Waals surface area (Å²) >= 11 is 0. The first-order chi connectivity index (χ1) is 10.9. The molecule has 1 saturated carbocycles. The van der Waals surface area contributed by atoms with Gasteiger partial charge in [0.25, 0.3) is 0 Å². The molecule has 1 fully saturated rings. The lowest BCUT2D eigenvalue weighted by Gasteiger charge is -2.27. The van der Waals surface area contributed by atoms with E-state index in [4.69, 9.17) is 4.98 Å². The third-order valence-corrected chi connectivity index (χ3v) is 4.26. The van der Waals surface area contributed by atoms with Crippen LogP contribution in [0.1, 0.15) is 58.8 Å². The minimum Gasteiger partial charge on any atom is -0.350 e. The molecule has 1 aliphatic rings. The fourth-order valence-electron chi connectivity index (χ4n) is 3.20. The maximum Gasteiger partial charge on any atom is 0.243 e. The number of hydrogen-bond acceptors (Lipinski definition) is 2. The molecule has 1 aromatic carbocycles. The average Bonchev–Trinajstić information content (AvgIpc) is 3.21. The summed E-state index contributed by atoms with van der Waals surface area (Å²) in [6.45, 7) is 8.26. The second kappa shape index (κ2) is 5.99. The van der Waals surface area contributed by atoms with Gasteiger partial charge in [-0.2, -0.15) is 0 Å². The standard InChI is InChI=1S/C19H27N3O/c1-5-8-16-20-14-9-6-7-10-15(14)22(16)17(13-11-12-13)18(23)21-19(2,3)4/h6-7,9-10,13,17H,5,8,11-12H2,1-4H3,(H,21,23). The van der Waals surface area contributed by atoms with Crippen LogP contribution in [0.4, 0.5) is 0 Å². The summed E-state index contributed by atoms with van der Waals surface area (Å²) in [5, 5.41) is 3.18. The van der Waals surface area contributed by atoms with Gasteiger partial charge in [-0.05, 0) is 58.1 Å². The zero-order valence-corrected chi connectivity index (χ0v) is 14.6. The molecule has 1 heterocycles. The van der Waals surface area contributed by atoms with Gasteiger partial charge in [-0.3, -0.25) is 4.79 Å². The topological polar surface area (TPSA) is 46.9 Å². The van der Waals surface area contributed by atoms with Gasteiger partial charge in [0.2, 0.25) is 5.91 Å². The number of benzene rings is 1. The first-order valence-electron chi connectivity index (χ1n) is 8.68. The number of aryl methyl sites for hydroxylation is 1. The molecule has 124 valence electrons. The van der Waals surface area contributed by atoms with E-state index in [-0.39, 0.29) is 17.5 Å². The van der Waals surface area contributed by atoms with Crippen LogP contribution in [0, 0.1) is 5.92 Å². The Kier molecular flexibility index (Phi) is 4.17. The highest BCUT2D eigenvalue weighted by atomic mass is 16.2. The van der Waals surface area contributed by atoms with Crippen LogP contribution < -0.4 is 5.32 Å². The molecule has 3 rings (SSSR count). The van der Waals surface area contributed by atoms with E-state index >= 15 is 0 Å². The van der Waals surface area contributed by atoms with Crippen molar-refractivity contribution in [1.29, 1.82) is 0 Å². The zero-order valence-electron chi connectivity index (χ0n) is 14.6. The highest BCUT2D eigenvalue weighted by Crippen LogP contribution is 2.42. The van der Waals surface area contributed by atoms with Gasteiger partial charge in [-0.1, -0.05) is 19.1 Å². The summed E-state index contributed by atoms with van der Waals surface area (Å²) in [4.78, 5) is 17.8. The molecule has 0 bridgehead atoms. The molecule has 1 aliphatic carbocycles. The lowest BCUT2D eigenvalue weighted by Crippen LogP contribution is -2.45. The van der Waals surface area contributed by atoms with Crippen molar-refractivity contribution >= 4 is 16.9 Å². The lowest BCUT2D eigenvalue weighted by molar-refractivity contribution is -0.126. The van der Waals surface area contributed by atoms with Gasteiger partial charge in [0, 0.05) is 12.0 Å². The number of aromatic nitrogens is 2. The Labute approximate surface area is 138 Å². The number of fused-ring (bicyclic) bond motifs is 1. The van der Waals surface area contributed by atoms with Gasteiger partial charge >= 0.3 is 0 Å². The Morgan fingerprint density at radius 1 is 1.35 bits per heavy atom. The Morgan fingerprint density at radius 2 is 2.04 bits per heavy atom. The molecule has 2 aromatic rings. The Bertz CT molecular complexity index is 707. The summed E-state index contributed by atoms with van der Waals surface area (Å²) in [5.41, 5.74) is 1.85. The van der Waals surface area contributed by atoms with Crippen LogP contribution in [0.25, 0.3) is 11.0 Å². The number of nitrogens with zero attached hydrogens (tertiary/aromatic N) is 2. The number of carbonyl (C=O) groups is 1. The second-order valence-corrected chi connectivity index (χ2v) is 7.66. The molecule has 0 aliphatic heterocycles. The minimum atomic E-state index is -0.217. The first-order valence-corrected chi connectivity index (χ1v) is 8.68. The lowest BCUT2D eigenvalue weighted by atomic mass is 10.1. The second-order valence-electron chi connectivity index (χ2n) is 7.66. The van der Waals surface area contributed by atoms with Crippen LogP contribution in [-0.4, -0.2) is 21.0 Å². The number of carbonyl (C=O) groups excluding carboxylic acids is 1. The number of para-hydroxylation sites is 2. The van der Waals surface area contributed by atoms with Crippen LogP contribution in [0.3, 0.4) is 0 Å². The molecule has 0 spiro atoms. The molecule has 4 heteroatoms. The summed E-state index contributed by atoms with van der Waals surface area (Å²) in [7, 11) is 0. The van der Waals surface area contributed by atoms with Crippen molar-refractivity contribution in [3.63, 3.8) is 0 Å². The molecule has 1 atom stereocenters. The quantitative estimate of drug-likeness (QED) is 0.911. The highest BCUT2D eigenvalue weighted by molar-refractivity contribution is 5.85. The van der Waals surface area contributed by atoms with E-state index in [1.807, 2.05) is 39.0 Å². The van der Waals surface area contributed by atoms with E-state index in [9.17, 15) is 4.79 Å². The maximum atomic E-state index is 13.0. The van der Waals surface area contributed by atoms with Crippen LogP contribution in [0.5, 0.6) is 0 Å². The normalized spacial score (nSPS) is 16.5. The van der Waals surface area contributed by atoms with Crippen molar-refractivity contribution in [3.05, 3.63) is 30.1 Å². The van der Waals surface area contributed by atoms with Gasteiger partial charge in [-0.15, -0.1) is 0 Å². The Balaban J connectivity index is 2.07. The molecule has 1 unspecified atom stereocenters. The first kappa shape index (κ1) is 16.0. The van der Waals surface area contributed by atoms with Crippen molar-refractivity contribution < 1.29 is 4.79 Å². The minimum absolute atomic E-state index is 0.125. The van der Waals surface area contributed by atoms with Crippen molar-refractivity contribution in [3.8, 4) is 0 Å². The maximum absolute atomic E-state index is 13.0. The number of amides is 1. The largest absolute Gasteiger partial charge is 0.350 e. The third kappa shape index (κ3) is 3.41. The predicted octanol–water partition coefficient (Wildman–Crippen LogP) is 3.85. The number of hydrogen-bond donors (Lipinski definition) is 1. The molecule has 0 saturated heterocycles. The van der Waals surface area contributed by atoms with Gasteiger partial charge < -0.3 is 9.88 Å². The summed E-state index contributed by atoms with van der Waals surface area (Å²) in [5.74, 6) is 1.60. The molecule has 0 radical (unpaired) electrons. The average molecular weight is 313 g/mol. The number of nitrogens with one attached hydrogen (secondary N) is 1. The van der Waals surface area contributed by atoms with Crippen LogP contribution in [-0.2, 0) is 11.2 Å². The van der Waals surface area contributed by atoms with Crippen LogP contribution in [0.15, 0.2) is 24.3 Å². The van der Waals surface area contributed by atoms with Gasteiger partial charge in [0.15, 0.2) is 0 Å². The monoisotopic (exact) mass is 313 g/mol. The molecule has 4 nitrogen and oxygen atoms in total. The molecule has 1 amide bonds. The van der Waals surface area contributed by atoms with E-state index in [1.54, 1.807) is 0 Å². The SMILES string of the molecule is CCCc1nc2ccccc2n1C(C(=O)NC(C)(C)C)C1CC1. The van der Waals surface area contributed by atoms with E-state index in [0.717, 1.165) is 42.5 Å². The molecule has 1 aromatic heterocycles. The van der Waals surface area contributed by atoms with Crippen molar-refractivity contribution in [1.82, 2.24) is 14.9 Å². The third-order valence-electron chi connectivity index (χ3n) is 4.26. The van der Waals surface area contributed by atoms with Gasteiger partial charge in [-0.25, -0.2) is 4.98 Å². The van der Waals surface area contributed by atoms with Crippen LogP contribution >= 0.6 is 0 Å². The molecule has 23 heavy (non-hydrogen) atoms. The summed E-state index contributed by atoms with van der Waals surface area (Å²) in [6.07, 6.45) is 4.18. The number of imidazole rings is 1. The smallest absolute Gasteiger partial charge is 0.243 e. The molecule has 1 N–H and O–H groups in total. The highest BCUT2D eigenvalue weighted by Gasteiger charge is 2.40. The summed E-state index contributed by atoms with van der Waals surface area (Å²) < 4.78 is 2.21. The summed E-state index contributed by atoms with van der Waals surface area (Å²) in [6, 6.07) is 8.03. The fraction of sp³-hybridized carbons (Fsp3) is 0.579.